The number of nitriles is 1. The summed E-state index contributed by atoms with van der Waals surface area (Å²) in [6.45, 7) is 5.56. The van der Waals surface area contributed by atoms with Gasteiger partial charge in [-0.15, -0.1) is 10.2 Å². The summed E-state index contributed by atoms with van der Waals surface area (Å²) in [4.78, 5) is 12.5. The standard InChI is InChI=1S/C26H28N4O5S/c1-4-24-29-30-26(36-24)28-25(31)20(17-27)15-19-7-10-22(23(16-19)32-3)35-14-12-33-11-13-34-21-8-5-18(2)6-9-21/h5-10,15-16H,4,11-14H2,1-3H3,(H,28,30,31). The normalized spacial score (nSPS) is 11.0. The summed E-state index contributed by atoms with van der Waals surface area (Å²) in [6, 6.07) is 14.9. The van der Waals surface area contributed by atoms with Crippen LogP contribution in [0.4, 0.5) is 5.13 Å². The molecule has 0 atom stereocenters. The van der Waals surface area contributed by atoms with E-state index in [0.717, 1.165) is 17.2 Å². The number of carbonyl (C=O) groups is 1. The lowest BCUT2D eigenvalue weighted by molar-refractivity contribution is -0.112. The van der Waals surface area contributed by atoms with E-state index in [1.165, 1.54) is 30.1 Å². The van der Waals surface area contributed by atoms with E-state index in [-0.39, 0.29) is 5.57 Å². The average molecular weight is 509 g/mol. The molecule has 0 saturated carbocycles. The monoisotopic (exact) mass is 508 g/mol. The second-order valence-electron chi connectivity index (χ2n) is 7.51. The maximum Gasteiger partial charge on any atom is 0.268 e. The molecule has 0 unspecified atom stereocenters. The Bertz CT molecular complexity index is 1220. The molecule has 1 N–H and O–H groups in total. The summed E-state index contributed by atoms with van der Waals surface area (Å²) in [5, 5.41) is 21.1. The molecule has 10 heteroatoms. The van der Waals surface area contributed by atoms with E-state index in [4.69, 9.17) is 18.9 Å². The van der Waals surface area contributed by atoms with Crippen LogP contribution in [0, 0.1) is 18.3 Å². The largest absolute Gasteiger partial charge is 0.493 e. The Morgan fingerprint density at radius 2 is 1.81 bits per heavy atom. The molecule has 1 aromatic heterocycles. The summed E-state index contributed by atoms with van der Waals surface area (Å²) in [7, 11) is 1.52. The number of methoxy groups -OCH3 is 1. The van der Waals surface area contributed by atoms with Gasteiger partial charge in [-0.05, 0) is 49.2 Å². The van der Waals surface area contributed by atoms with Crippen molar-refractivity contribution in [2.24, 2.45) is 0 Å². The highest BCUT2D eigenvalue weighted by molar-refractivity contribution is 7.15. The van der Waals surface area contributed by atoms with Crippen LogP contribution in [-0.4, -0.2) is 49.6 Å². The molecule has 0 spiro atoms. The van der Waals surface area contributed by atoms with Crippen LogP contribution >= 0.6 is 11.3 Å². The molecule has 0 saturated heterocycles. The first-order valence-corrected chi connectivity index (χ1v) is 12.2. The van der Waals surface area contributed by atoms with Crippen LogP contribution in [0.5, 0.6) is 17.2 Å². The number of benzene rings is 2. The molecule has 1 amide bonds. The summed E-state index contributed by atoms with van der Waals surface area (Å²) in [5.74, 6) is 1.25. The van der Waals surface area contributed by atoms with Gasteiger partial charge < -0.3 is 18.9 Å². The fraction of sp³-hybridized carbons (Fsp3) is 0.308. The van der Waals surface area contributed by atoms with Crippen LogP contribution in [0.3, 0.4) is 0 Å². The van der Waals surface area contributed by atoms with Crippen molar-refractivity contribution in [3.8, 4) is 23.3 Å². The molecule has 36 heavy (non-hydrogen) atoms. The van der Waals surface area contributed by atoms with Gasteiger partial charge in [0.15, 0.2) is 11.5 Å². The Morgan fingerprint density at radius 1 is 1.06 bits per heavy atom. The number of aromatic nitrogens is 2. The van der Waals surface area contributed by atoms with E-state index in [9.17, 15) is 10.1 Å². The molecular formula is C26H28N4O5S. The molecule has 9 nitrogen and oxygen atoms in total. The van der Waals surface area contributed by atoms with Gasteiger partial charge in [-0.3, -0.25) is 10.1 Å². The number of anilines is 1. The van der Waals surface area contributed by atoms with Crippen molar-refractivity contribution < 1.29 is 23.7 Å². The summed E-state index contributed by atoms with van der Waals surface area (Å²) >= 11 is 1.27. The number of rotatable bonds is 13. The fourth-order valence-corrected chi connectivity index (χ4v) is 3.66. The first-order chi connectivity index (χ1) is 17.5. The Labute approximate surface area is 214 Å². The number of carbonyl (C=O) groups excluding carboxylic acids is 1. The van der Waals surface area contributed by atoms with Crippen LogP contribution in [0.1, 0.15) is 23.1 Å². The molecule has 188 valence electrons. The predicted octanol–water partition coefficient (Wildman–Crippen LogP) is 4.44. The highest BCUT2D eigenvalue weighted by Crippen LogP contribution is 2.29. The molecule has 0 fully saturated rings. The zero-order valence-corrected chi connectivity index (χ0v) is 21.3. The smallest absolute Gasteiger partial charge is 0.268 e. The van der Waals surface area contributed by atoms with Gasteiger partial charge in [0, 0.05) is 0 Å². The molecule has 0 aliphatic carbocycles. The molecule has 2 aromatic carbocycles. The average Bonchev–Trinajstić information content (AvgIpc) is 3.35. The highest BCUT2D eigenvalue weighted by Gasteiger charge is 2.13. The van der Waals surface area contributed by atoms with Crippen molar-refractivity contribution in [3.63, 3.8) is 0 Å². The van der Waals surface area contributed by atoms with E-state index in [2.05, 4.69) is 15.5 Å². The second-order valence-corrected chi connectivity index (χ2v) is 8.57. The van der Waals surface area contributed by atoms with Gasteiger partial charge in [0.25, 0.3) is 5.91 Å². The Kier molecular flexibility index (Phi) is 10.2. The van der Waals surface area contributed by atoms with Crippen LogP contribution in [0.25, 0.3) is 6.08 Å². The third-order valence-electron chi connectivity index (χ3n) is 4.86. The zero-order chi connectivity index (χ0) is 25.8. The summed E-state index contributed by atoms with van der Waals surface area (Å²) in [6.07, 6.45) is 2.19. The molecule has 3 rings (SSSR count). The number of nitrogens with one attached hydrogen (secondary N) is 1. The van der Waals surface area contributed by atoms with Gasteiger partial charge in [-0.1, -0.05) is 42.0 Å². The Hall–Kier alpha value is -3.94. The van der Waals surface area contributed by atoms with Crippen molar-refractivity contribution in [2.75, 3.05) is 38.9 Å². The minimum Gasteiger partial charge on any atom is -0.493 e. The topological polar surface area (TPSA) is 116 Å². The quantitative estimate of drug-likeness (QED) is 0.205. The van der Waals surface area contributed by atoms with Crippen LogP contribution in [0.2, 0.25) is 0 Å². The second kappa shape index (κ2) is 13.8. The van der Waals surface area contributed by atoms with E-state index in [1.54, 1.807) is 18.2 Å². The molecule has 0 radical (unpaired) electrons. The minimum atomic E-state index is -0.556. The number of nitrogens with zero attached hydrogens (tertiary/aromatic N) is 3. The summed E-state index contributed by atoms with van der Waals surface area (Å²) in [5.41, 5.74) is 1.73. The maximum absolute atomic E-state index is 12.5. The van der Waals surface area contributed by atoms with E-state index in [1.807, 2.05) is 44.2 Å². The van der Waals surface area contributed by atoms with Crippen molar-refractivity contribution in [1.82, 2.24) is 10.2 Å². The van der Waals surface area contributed by atoms with Gasteiger partial charge in [0.2, 0.25) is 5.13 Å². The SMILES string of the molecule is CCc1nnc(NC(=O)C(C#N)=Cc2ccc(OCCOCCOc3ccc(C)cc3)c(OC)c2)s1. The van der Waals surface area contributed by atoms with Gasteiger partial charge >= 0.3 is 0 Å². The predicted molar refractivity (Wildman–Crippen MR) is 137 cm³/mol. The number of aryl methyl sites for hydroxylation is 2. The molecular weight excluding hydrogens is 480 g/mol. The Morgan fingerprint density at radius 3 is 2.47 bits per heavy atom. The molecule has 1 heterocycles. The summed E-state index contributed by atoms with van der Waals surface area (Å²) < 4.78 is 22.4. The number of hydrogen-bond donors (Lipinski definition) is 1. The van der Waals surface area contributed by atoms with Crippen LogP contribution < -0.4 is 19.5 Å². The van der Waals surface area contributed by atoms with E-state index < -0.39 is 5.91 Å². The number of ether oxygens (including phenoxy) is 4. The van der Waals surface area contributed by atoms with Gasteiger partial charge in [-0.2, -0.15) is 5.26 Å². The van der Waals surface area contributed by atoms with E-state index in [0.29, 0.717) is 48.6 Å². The molecule has 3 aromatic rings. The van der Waals surface area contributed by atoms with Crippen molar-refractivity contribution in [3.05, 3.63) is 64.2 Å². The van der Waals surface area contributed by atoms with Crippen molar-refractivity contribution >= 4 is 28.5 Å². The van der Waals surface area contributed by atoms with Crippen LogP contribution in [0.15, 0.2) is 48.0 Å². The third-order valence-corrected chi connectivity index (χ3v) is 5.84. The zero-order valence-electron chi connectivity index (χ0n) is 20.4. The van der Waals surface area contributed by atoms with Gasteiger partial charge in [0.05, 0.1) is 20.3 Å². The van der Waals surface area contributed by atoms with Crippen molar-refractivity contribution in [1.29, 1.82) is 5.26 Å². The van der Waals surface area contributed by atoms with Gasteiger partial charge in [0.1, 0.15) is 35.6 Å². The Balaban J connectivity index is 1.48. The molecule has 0 bridgehead atoms. The van der Waals surface area contributed by atoms with Crippen molar-refractivity contribution in [2.45, 2.75) is 20.3 Å². The molecule has 0 aliphatic rings. The maximum atomic E-state index is 12.5. The molecule has 0 aliphatic heterocycles. The third kappa shape index (κ3) is 8.08. The first-order valence-electron chi connectivity index (χ1n) is 11.4. The lowest BCUT2D eigenvalue weighted by Crippen LogP contribution is -2.13. The lowest BCUT2D eigenvalue weighted by atomic mass is 10.1. The fourth-order valence-electron chi connectivity index (χ4n) is 2.99. The highest BCUT2D eigenvalue weighted by atomic mass is 32.1. The van der Waals surface area contributed by atoms with Crippen LogP contribution in [-0.2, 0) is 16.0 Å². The number of hydrogen-bond acceptors (Lipinski definition) is 9. The van der Waals surface area contributed by atoms with E-state index >= 15 is 0 Å². The number of amides is 1. The van der Waals surface area contributed by atoms with Gasteiger partial charge in [-0.25, -0.2) is 0 Å². The lowest BCUT2D eigenvalue weighted by Gasteiger charge is -2.12. The first kappa shape index (κ1) is 26.7. The minimum absolute atomic E-state index is 0.0692.